The van der Waals surface area contributed by atoms with E-state index in [2.05, 4.69) is 0 Å². The van der Waals surface area contributed by atoms with Crippen molar-refractivity contribution in [2.45, 2.75) is 57.2 Å². The monoisotopic (exact) mass is 638 g/mol. The molecule has 0 bridgehead atoms. The van der Waals surface area contributed by atoms with Gasteiger partial charge >= 0.3 is 0 Å². The highest BCUT2D eigenvalue weighted by molar-refractivity contribution is 6.32. The van der Waals surface area contributed by atoms with E-state index < -0.39 is 71.0 Å². The molecule has 47 heavy (non-hydrogen) atoms. The van der Waals surface area contributed by atoms with Gasteiger partial charge in [-0.1, -0.05) is 30.3 Å². The third-order valence-electron chi connectivity index (χ3n) is 9.59. The first-order valence-electron chi connectivity index (χ1n) is 15.0. The number of phenolic OH excluding ortho intramolecular Hbond substituents is 4. The lowest BCUT2D eigenvalue weighted by Crippen LogP contribution is -2.58. The van der Waals surface area contributed by atoms with Crippen molar-refractivity contribution in [3.8, 4) is 34.1 Å². The normalized spacial score (nSPS) is 24.8. The van der Waals surface area contributed by atoms with Crippen LogP contribution >= 0.6 is 0 Å². The number of aryl methyl sites for hydroxylation is 2. The van der Waals surface area contributed by atoms with Crippen LogP contribution in [0.3, 0.4) is 0 Å². The molecule has 0 saturated carbocycles. The Balaban J connectivity index is 1.49. The maximum atomic E-state index is 14.2. The molecule has 7 rings (SSSR count). The third-order valence-corrected chi connectivity index (χ3v) is 9.59. The molecule has 0 aromatic heterocycles. The number of ketones is 3. The number of aliphatic hydroxyl groups is 3. The molecular weight excluding hydrogens is 608 g/mol. The second-order valence-electron chi connectivity index (χ2n) is 12.5. The van der Waals surface area contributed by atoms with Crippen LogP contribution < -0.4 is 0 Å². The van der Waals surface area contributed by atoms with Gasteiger partial charge in [-0.15, -0.1) is 0 Å². The smallest absolute Gasteiger partial charge is 0.201 e. The standard InChI is InChI=1S/C36H30O11/c1-12-9-18-23(36-35(46)34(45)29(40)14(3)47-36)15-7-8-17(30(41)26(15)32(43)25(18)20(38)10-12)22-13(2)11-21(39)27-28(22)31(42)16-5-4-6-19(37)24(16)33(27)44/h4-11,14,23,29,34-41,45-46H,1-3H3/t14-,23+,29-,34+,35-,36+/m1/s1. The Morgan fingerprint density at radius 1 is 0.596 bits per heavy atom. The molecule has 0 spiro atoms. The maximum Gasteiger partial charge on any atom is 0.201 e. The van der Waals surface area contributed by atoms with Crippen LogP contribution in [0.1, 0.15) is 82.9 Å². The first-order valence-corrected chi connectivity index (χ1v) is 15.0. The second kappa shape index (κ2) is 10.5. The van der Waals surface area contributed by atoms with Crippen LogP contribution in [0.5, 0.6) is 23.0 Å². The summed E-state index contributed by atoms with van der Waals surface area (Å²) in [6, 6.07) is 11.2. The number of ether oxygens (including phenoxy) is 1. The van der Waals surface area contributed by atoms with Gasteiger partial charge in [0.1, 0.15) is 41.3 Å². The summed E-state index contributed by atoms with van der Waals surface area (Å²) in [6.45, 7) is 4.77. The molecule has 4 aromatic rings. The first kappa shape index (κ1) is 30.6. The van der Waals surface area contributed by atoms with E-state index in [1.165, 1.54) is 49.4 Å². The zero-order valence-corrected chi connectivity index (χ0v) is 25.3. The molecule has 6 atom stereocenters. The Hall–Kier alpha value is -5.07. The van der Waals surface area contributed by atoms with Gasteiger partial charge in [0.15, 0.2) is 5.78 Å². The zero-order chi connectivity index (χ0) is 33.8. The van der Waals surface area contributed by atoms with Crippen molar-refractivity contribution in [2.24, 2.45) is 0 Å². The van der Waals surface area contributed by atoms with E-state index >= 15 is 0 Å². The van der Waals surface area contributed by atoms with Crippen LogP contribution in [0.2, 0.25) is 0 Å². The highest BCUT2D eigenvalue weighted by Gasteiger charge is 2.50. The molecule has 1 heterocycles. The summed E-state index contributed by atoms with van der Waals surface area (Å²) in [6.07, 6.45) is -6.78. The van der Waals surface area contributed by atoms with E-state index in [4.69, 9.17) is 4.74 Å². The Morgan fingerprint density at radius 3 is 2.00 bits per heavy atom. The fraction of sp³-hybridized carbons (Fsp3) is 0.250. The Morgan fingerprint density at radius 2 is 1.28 bits per heavy atom. The minimum atomic E-state index is -1.63. The number of rotatable bonds is 2. The molecule has 0 unspecified atom stereocenters. The van der Waals surface area contributed by atoms with Crippen molar-refractivity contribution >= 4 is 17.3 Å². The molecule has 1 saturated heterocycles. The number of aliphatic hydroxyl groups excluding tert-OH is 3. The zero-order valence-electron chi connectivity index (χ0n) is 25.3. The van der Waals surface area contributed by atoms with Gasteiger partial charge in [0.25, 0.3) is 0 Å². The molecule has 0 radical (unpaired) electrons. The lowest BCUT2D eigenvalue weighted by atomic mass is 9.70. The number of benzene rings is 4. The number of aromatic hydroxyl groups is 4. The van der Waals surface area contributed by atoms with Crippen LogP contribution in [-0.4, -0.2) is 83.6 Å². The summed E-state index contributed by atoms with van der Waals surface area (Å²) in [5.41, 5.74) is -0.0114. The molecule has 4 aromatic carbocycles. The van der Waals surface area contributed by atoms with Crippen molar-refractivity contribution in [2.75, 3.05) is 0 Å². The maximum absolute atomic E-state index is 14.2. The van der Waals surface area contributed by atoms with Gasteiger partial charge in [0, 0.05) is 28.2 Å². The Bertz CT molecular complexity index is 2080. The highest BCUT2D eigenvalue weighted by Crippen LogP contribution is 2.51. The summed E-state index contributed by atoms with van der Waals surface area (Å²) in [7, 11) is 0. The molecule has 11 nitrogen and oxygen atoms in total. The lowest BCUT2D eigenvalue weighted by molar-refractivity contribution is -0.220. The molecule has 3 aliphatic rings. The average Bonchev–Trinajstić information content (AvgIpc) is 3.01. The molecule has 0 amide bonds. The predicted octanol–water partition coefficient (Wildman–Crippen LogP) is 3.11. The summed E-state index contributed by atoms with van der Waals surface area (Å²) >= 11 is 0. The van der Waals surface area contributed by atoms with Crippen LogP contribution in [0.4, 0.5) is 0 Å². The first-order chi connectivity index (χ1) is 22.2. The number of hydrogen-bond donors (Lipinski definition) is 7. The fourth-order valence-corrected chi connectivity index (χ4v) is 7.43. The van der Waals surface area contributed by atoms with Crippen LogP contribution in [0.25, 0.3) is 11.1 Å². The number of phenols is 4. The van der Waals surface area contributed by atoms with Crippen LogP contribution in [0.15, 0.2) is 48.5 Å². The summed E-state index contributed by atoms with van der Waals surface area (Å²) in [4.78, 5) is 41.7. The van der Waals surface area contributed by atoms with Gasteiger partial charge in [-0.3, -0.25) is 14.4 Å². The molecule has 7 N–H and O–H groups in total. The number of fused-ring (bicyclic) bond motifs is 4. The number of carbonyl (C=O) groups is 3. The molecule has 240 valence electrons. The van der Waals surface area contributed by atoms with E-state index in [-0.39, 0.29) is 66.9 Å². The van der Waals surface area contributed by atoms with E-state index in [0.29, 0.717) is 5.56 Å². The van der Waals surface area contributed by atoms with Gasteiger partial charge in [0.05, 0.1) is 34.5 Å². The number of carbonyl (C=O) groups excluding carboxylic acids is 3. The molecular formula is C36H30O11. The van der Waals surface area contributed by atoms with Crippen LogP contribution in [0, 0.1) is 13.8 Å². The van der Waals surface area contributed by atoms with E-state index in [1.807, 2.05) is 0 Å². The quantitative estimate of drug-likeness (QED) is 0.150. The predicted molar refractivity (Wildman–Crippen MR) is 165 cm³/mol. The van der Waals surface area contributed by atoms with Crippen molar-refractivity contribution in [1.82, 2.24) is 0 Å². The van der Waals surface area contributed by atoms with Crippen molar-refractivity contribution in [1.29, 1.82) is 0 Å². The van der Waals surface area contributed by atoms with E-state index in [9.17, 15) is 50.1 Å². The fourth-order valence-electron chi connectivity index (χ4n) is 7.43. The van der Waals surface area contributed by atoms with Gasteiger partial charge in [-0.2, -0.15) is 0 Å². The largest absolute Gasteiger partial charge is 0.507 e. The average molecular weight is 639 g/mol. The Labute approximate surface area is 267 Å². The number of hydrogen-bond acceptors (Lipinski definition) is 11. The Kier molecular flexibility index (Phi) is 6.81. The summed E-state index contributed by atoms with van der Waals surface area (Å²) in [5, 5.41) is 76.4. The SMILES string of the molecule is Cc1cc(O)c2c(c1)[C@@H]([C@@H]1O[C@H](C)[C@@H](O)[C@H](O)[C@H]1O)c1ccc(-c3c(C)cc(O)c4c3C(=O)c3cccc(O)c3C4=O)c(O)c1C2=O. The molecule has 11 heteroatoms. The molecule has 2 aliphatic carbocycles. The van der Waals surface area contributed by atoms with E-state index in [0.717, 1.165) is 0 Å². The second-order valence-corrected chi connectivity index (χ2v) is 12.5. The molecule has 1 fully saturated rings. The topological polar surface area (TPSA) is 202 Å². The van der Waals surface area contributed by atoms with Crippen molar-refractivity contribution in [3.63, 3.8) is 0 Å². The van der Waals surface area contributed by atoms with Gasteiger partial charge in [-0.25, -0.2) is 0 Å². The van der Waals surface area contributed by atoms with Gasteiger partial charge in [-0.05, 0) is 61.2 Å². The van der Waals surface area contributed by atoms with Gasteiger partial charge < -0.3 is 40.5 Å². The summed E-state index contributed by atoms with van der Waals surface area (Å²) < 4.78 is 6.01. The minimum Gasteiger partial charge on any atom is -0.507 e. The minimum absolute atomic E-state index is 0.0293. The third kappa shape index (κ3) is 4.17. The molecule has 1 aliphatic heterocycles. The van der Waals surface area contributed by atoms with Crippen LogP contribution in [-0.2, 0) is 4.74 Å². The van der Waals surface area contributed by atoms with E-state index in [1.54, 1.807) is 19.9 Å². The highest BCUT2D eigenvalue weighted by atomic mass is 16.5. The van der Waals surface area contributed by atoms with Crippen molar-refractivity contribution in [3.05, 3.63) is 104 Å². The summed E-state index contributed by atoms with van der Waals surface area (Å²) in [5.74, 6) is -5.20. The van der Waals surface area contributed by atoms with Gasteiger partial charge in [0.2, 0.25) is 11.6 Å². The lowest BCUT2D eigenvalue weighted by Gasteiger charge is -2.44. The van der Waals surface area contributed by atoms with Crippen molar-refractivity contribution < 1.29 is 54.9 Å².